The number of aliphatic hydroxyl groups excluding tert-OH is 1. The molecule has 9 nitrogen and oxygen atoms in total. The van der Waals surface area contributed by atoms with Crippen molar-refractivity contribution in [3.05, 3.63) is 84.2 Å². The topological polar surface area (TPSA) is 107 Å². The molecule has 0 radical (unpaired) electrons. The van der Waals surface area contributed by atoms with Gasteiger partial charge < -0.3 is 25.4 Å². The van der Waals surface area contributed by atoms with Crippen LogP contribution in [0, 0.1) is 5.92 Å². The molecule has 0 spiro atoms. The van der Waals surface area contributed by atoms with Gasteiger partial charge in [0.15, 0.2) is 0 Å². The Morgan fingerprint density at radius 1 is 1.13 bits per heavy atom. The number of nitrogens with zero attached hydrogens (tertiary/aromatic N) is 3. The van der Waals surface area contributed by atoms with Gasteiger partial charge in [0.05, 0.1) is 18.2 Å². The number of likely N-dealkylation sites (N-methyl/N-ethyl adjacent to an activating group) is 1. The first-order valence-electron chi connectivity index (χ1n) is 12.8. The molecule has 2 aromatic carbocycles. The summed E-state index contributed by atoms with van der Waals surface area (Å²) in [6.07, 6.45) is 3.35. The van der Waals surface area contributed by atoms with Gasteiger partial charge in [-0.3, -0.25) is 14.7 Å². The fourth-order valence-corrected chi connectivity index (χ4v) is 4.50. The summed E-state index contributed by atoms with van der Waals surface area (Å²) >= 11 is 0. The first-order chi connectivity index (χ1) is 18.3. The van der Waals surface area contributed by atoms with Crippen LogP contribution in [0.4, 0.5) is 16.2 Å². The molecule has 3 aromatic rings. The van der Waals surface area contributed by atoms with Gasteiger partial charge in [0, 0.05) is 49.3 Å². The van der Waals surface area contributed by atoms with Gasteiger partial charge in [-0.15, -0.1) is 0 Å². The minimum atomic E-state index is -0.417. The highest BCUT2D eigenvalue weighted by Crippen LogP contribution is 2.31. The number of rotatable bonds is 8. The average Bonchev–Trinajstić information content (AvgIpc) is 2.91. The highest BCUT2D eigenvalue weighted by molar-refractivity contribution is 6.02. The van der Waals surface area contributed by atoms with Crippen LogP contribution in [0.2, 0.25) is 0 Å². The molecule has 3 atom stereocenters. The van der Waals surface area contributed by atoms with E-state index in [1.54, 1.807) is 47.6 Å². The van der Waals surface area contributed by atoms with Gasteiger partial charge in [-0.1, -0.05) is 25.1 Å². The van der Waals surface area contributed by atoms with E-state index in [0.717, 1.165) is 12.1 Å². The second-order valence-electron chi connectivity index (χ2n) is 9.83. The minimum absolute atomic E-state index is 0.00967. The van der Waals surface area contributed by atoms with Gasteiger partial charge in [-0.25, -0.2) is 4.79 Å². The molecule has 3 amide bonds. The molecule has 0 unspecified atom stereocenters. The van der Waals surface area contributed by atoms with Crippen molar-refractivity contribution >= 4 is 23.3 Å². The van der Waals surface area contributed by atoms with Crippen LogP contribution in [0.15, 0.2) is 73.1 Å². The molecule has 1 aliphatic heterocycles. The number of fused-ring (bicyclic) bond motifs is 1. The molecule has 200 valence electrons. The van der Waals surface area contributed by atoms with Crippen LogP contribution in [-0.4, -0.2) is 70.7 Å². The van der Waals surface area contributed by atoms with Crippen molar-refractivity contribution < 1.29 is 19.4 Å². The predicted octanol–water partition coefficient (Wildman–Crippen LogP) is 4.08. The monoisotopic (exact) mass is 517 g/mol. The van der Waals surface area contributed by atoms with Crippen LogP contribution in [0.3, 0.4) is 0 Å². The van der Waals surface area contributed by atoms with E-state index in [-0.39, 0.29) is 30.6 Å². The Morgan fingerprint density at radius 2 is 1.84 bits per heavy atom. The largest absolute Gasteiger partial charge is 0.488 e. The summed E-state index contributed by atoms with van der Waals surface area (Å²) in [7, 11) is 2.04. The van der Waals surface area contributed by atoms with Crippen LogP contribution in [0.25, 0.3) is 0 Å². The number of carbonyl (C=O) groups excluding carboxylic acids is 2. The number of benzene rings is 2. The van der Waals surface area contributed by atoms with Crippen molar-refractivity contribution in [3.8, 4) is 5.75 Å². The highest BCUT2D eigenvalue weighted by Gasteiger charge is 2.33. The summed E-state index contributed by atoms with van der Waals surface area (Å²) in [6, 6.07) is 17.4. The first kappa shape index (κ1) is 27.1. The third-order valence-electron chi connectivity index (χ3n) is 6.65. The molecular weight excluding hydrogens is 482 g/mol. The lowest BCUT2D eigenvalue weighted by Gasteiger charge is -2.38. The molecule has 38 heavy (non-hydrogen) atoms. The van der Waals surface area contributed by atoms with Crippen LogP contribution in [0.1, 0.15) is 29.8 Å². The summed E-state index contributed by atoms with van der Waals surface area (Å²) in [6.45, 7) is 5.53. The molecule has 9 heteroatoms. The standard InChI is InChI=1S/C29H35N5O4/c1-20-16-34(21(2)19-35)28(36)25-15-24(32-29(37)31-23-7-5-4-6-8-23)9-10-26(25)38-27(20)18-33(3)17-22-11-13-30-14-12-22/h4-15,20-21,27,35H,16-19H2,1-3H3,(H2,31,32,37)/t20-,21-,27+/m0/s1. The summed E-state index contributed by atoms with van der Waals surface area (Å²) in [5.41, 5.74) is 2.62. The molecule has 1 aromatic heterocycles. The van der Waals surface area contributed by atoms with Crippen molar-refractivity contribution in [1.82, 2.24) is 14.8 Å². The summed E-state index contributed by atoms with van der Waals surface area (Å²) in [5.74, 6) is 0.215. The van der Waals surface area contributed by atoms with Crippen molar-refractivity contribution in [1.29, 1.82) is 0 Å². The van der Waals surface area contributed by atoms with E-state index < -0.39 is 6.03 Å². The number of hydrogen-bond donors (Lipinski definition) is 3. The van der Waals surface area contributed by atoms with E-state index in [9.17, 15) is 14.7 Å². The number of aliphatic hydroxyl groups is 1. The van der Waals surface area contributed by atoms with Crippen molar-refractivity contribution in [3.63, 3.8) is 0 Å². The second-order valence-corrected chi connectivity index (χ2v) is 9.83. The smallest absolute Gasteiger partial charge is 0.323 e. The number of anilines is 2. The lowest BCUT2D eigenvalue weighted by Crippen LogP contribution is -2.49. The molecule has 0 bridgehead atoms. The molecule has 3 N–H and O–H groups in total. The fraction of sp³-hybridized carbons (Fsp3) is 0.345. The molecule has 4 rings (SSSR count). The second kappa shape index (κ2) is 12.5. The van der Waals surface area contributed by atoms with Crippen LogP contribution >= 0.6 is 0 Å². The van der Waals surface area contributed by atoms with E-state index in [0.29, 0.717) is 35.8 Å². The fourth-order valence-electron chi connectivity index (χ4n) is 4.50. The van der Waals surface area contributed by atoms with Gasteiger partial charge in [-0.05, 0) is 62.0 Å². The molecule has 0 fully saturated rings. The molecule has 2 heterocycles. The zero-order valence-electron chi connectivity index (χ0n) is 22.0. The minimum Gasteiger partial charge on any atom is -0.488 e. The Morgan fingerprint density at radius 3 is 2.55 bits per heavy atom. The number of amides is 3. The number of urea groups is 1. The van der Waals surface area contributed by atoms with Crippen LogP contribution < -0.4 is 15.4 Å². The number of aromatic nitrogens is 1. The Labute approximate surface area is 223 Å². The third-order valence-corrected chi connectivity index (χ3v) is 6.65. The predicted molar refractivity (Wildman–Crippen MR) is 147 cm³/mol. The maximum Gasteiger partial charge on any atom is 0.323 e. The normalized spacial score (nSPS) is 18.1. The molecule has 0 saturated heterocycles. The number of nitrogens with one attached hydrogen (secondary N) is 2. The van der Waals surface area contributed by atoms with E-state index in [2.05, 4.69) is 27.4 Å². The molecule has 1 aliphatic rings. The van der Waals surface area contributed by atoms with Gasteiger partial charge in [-0.2, -0.15) is 0 Å². The maximum atomic E-state index is 13.6. The SMILES string of the molecule is C[C@H]1CN([C@@H](C)CO)C(=O)c2cc(NC(=O)Nc3ccccc3)ccc2O[C@@H]1CN(C)Cc1ccncc1. The van der Waals surface area contributed by atoms with Crippen molar-refractivity contribution in [2.45, 2.75) is 32.5 Å². The summed E-state index contributed by atoms with van der Waals surface area (Å²) < 4.78 is 6.45. The quantitative estimate of drug-likeness (QED) is 0.416. The van der Waals surface area contributed by atoms with Crippen molar-refractivity contribution in [2.75, 3.05) is 37.4 Å². The maximum absolute atomic E-state index is 13.6. The number of carbonyl (C=O) groups is 2. The van der Waals surface area contributed by atoms with Gasteiger partial charge in [0.1, 0.15) is 11.9 Å². The number of hydrogen-bond acceptors (Lipinski definition) is 6. The lowest BCUT2D eigenvalue weighted by molar-refractivity contribution is 0.0341. The average molecular weight is 518 g/mol. The van der Waals surface area contributed by atoms with E-state index in [4.69, 9.17) is 4.74 Å². The first-order valence-corrected chi connectivity index (χ1v) is 12.8. The number of para-hydroxylation sites is 1. The van der Waals surface area contributed by atoms with E-state index >= 15 is 0 Å². The van der Waals surface area contributed by atoms with Crippen molar-refractivity contribution in [2.24, 2.45) is 5.92 Å². The molecule has 0 saturated carbocycles. The Kier molecular flexibility index (Phi) is 8.93. The Hall–Kier alpha value is -3.95. The van der Waals surface area contributed by atoms with Gasteiger partial charge >= 0.3 is 6.03 Å². The summed E-state index contributed by atoms with van der Waals surface area (Å²) in [4.78, 5) is 34.1. The van der Waals surface area contributed by atoms with Crippen LogP contribution in [0.5, 0.6) is 5.75 Å². The number of pyridine rings is 1. The zero-order valence-corrected chi connectivity index (χ0v) is 22.0. The molecular formula is C29H35N5O4. The van der Waals surface area contributed by atoms with Gasteiger partial charge in [0.25, 0.3) is 5.91 Å². The van der Waals surface area contributed by atoms with E-state index in [1.807, 2.05) is 44.3 Å². The third kappa shape index (κ3) is 6.87. The van der Waals surface area contributed by atoms with Crippen LogP contribution in [-0.2, 0) is 6.54 Å². The molecule has 0 aliphatic carbocycles. The Balaban J connectivity index is 1.56. The van der Waals surface area contributed by atoms with Gasteiger partial charge in [0.2, 0.25) is 0 Å². The lowest BCUT2D eigenvalue weighted by atomic mass is 9.99. The van der Waals surface area contributed by atoms with E-state index in [1.165, 1.54) is 0 Å². The highest BCUT2D eigenvalue weighted by atomic mass is 16.5. The zero-order chi connectivity index (χ0) is 27.1. The Bertz CT molecular complexity index is 1220. The summed E-state index contributed by atoms with van der Waals surface area (Å²) in [5, 5.41) is 15.5. The number of ether oxygens (including phenoxy) is 1.